The lowest BCUT2D eigenvalue weighted by Gasteiger charge is -2.35. The van der Waals surface area contributed by atoms with Crippen LogP contribution in [0, 0.1) is 0 Å². The van der Waals surface area contributed by atoms with Gasteiger partial charge in [-0.25, -0.2) is 4.79 Å². The van der Waals surface area contributed by atoms with E-state index >= 15 is 0 Å². The molecule has 0 radical (unpaired) electrons. The highest BCUT2D eigenvalue weighted by Gasteiger charge is 2.33. The molecule has 0 saturated heterocycles. The van der Waals surface area contributed by atoms with Gasteiger partial charge in [-0.1, -0.05) is 12.1 Å². The van der Waals surface area contributed by atoms with Crippen molar-refractivity contribution in [3.05, 3.63) is 41.1 Å². The molecule has 1 atom stereocenters. The minimum absolute atomic E-state index is 0.0797. The molecule has 2 rings (SSSR count). The highest BCUT2D eigenvalue weighted by molar-refractivity contribution is 7.80. The molecule has 1 heterocycles. The summed E-state index contributed by atoms with van der Waals surface area (Å²) in [6.07, 6.45) is 0.787. The summed E-state index contributed by atoms with van der Waals surface area (Å²) in [6, 6.07) is 6.91. The molecule has 1 aliphatic rings. The number of carbonyl (C=O) groups is 2. The number of nitrogens with one attached hydrogen (secondary N) is 2. The van der Waals surface area contributed by atoms with Crippen LogP contribution in [-0.4, -0.2) is 40.9 Å². The molecule has 0 saturated carbocycles. The number of carbonyl (C=O) groups excluding carboxylic acids is 2. The number of amides is 1. The third-order valence-corrected chi connectivity index (χ3v) is 5.04. The van der Waals surface area contributed by atoms with Crippen LogP contribution in [0.25, 0.3) is 0 Å². The Balaban J connectivity index is 2.26. The van der Waals surface area contributed by atoms with E-state index in [1.165, 1.54) is 0 Å². The van der Waals surface area contributed by atoms with Gasteiger partial charge in [0, 0.05) is 30.7 Å². The third-order valence-electron chi connectivity index (χ3n) is 4.38. The molecule has 1 aromatic rings. The molecule has 0 unspecified atom stereocenters. The molecule has 1 aliphatic heterocycles. The number of hydrogen-bond donors (Lipinski definition) is 2. The summed E-state index contributed by atoms with van der Waals surface area (Å²) in [7, 11) is 1.81. The van der Waals surface area contributed by atoms with Crippen molar-refractivity contribution in [2.24, 2.45) is 0 Å². The van der Waals surface area contributed by atoms with Crippen molar-refractivity contribution in [1.29, 1.82) is 0 Å². The highest BCUT2D eigenvalue weighted by Crippen LogP contribution is 2.31. The monoisotopic (exact) mass is 423 g/mol. The number of rotatable bonds is 7. The van der Waals surface area contributed by atoms with E-state index in [0.29, 0.717) is 35.1 Å². The van der Waals surface area contributed by atoms with Crippen LogP contribution in [0.5, 0.6) is 0 Å². The summed E-state index contributed by atoms with van der Waals surface area (Å²) < 4.78 is 5.43. The van der Waals surface area contributed by atoms with Gasteiger partial charge < -0.3 is 20.3 Å². The van der Waals surface area contributed by atoms with Crippen molar-refractivity contribution >= 4 is 46.5 Å². The summed E-state index contributed by atoms with van der Waals surface area (Å²) >= 11 is 11.0. The number of thiocarbonyl (C=S) groups is 1. The summed E-state index contributed by atoms with van der Waals surface area (Å²) in [5, 5.41) is 6.57. The number of allylic oxidation sites excluding steroid dienone is 1. The van der Waals surface area contributed by atoms with E-state index in [2.05, 4.69) is 10.6 Å². The van der Waals surface area contributed by atoms with Gasteiger partial charge in [0.25, 0.3) is 0 Å². The molecule has 0 bridgehead atoms. The molecule has 0 aromatic heterocycles. The number of anilines is 1. The minimum Gasteiger partial charge on any atom is -0.459 e. The average molecular weight is 424 g/mol. The Morgan fingerprint density at radius 2 is 1.96 bits per heavy atom. The average Bonchev–Trinajstić information content (AvgIpc) is 2.64. The van der Waals surface area contributed by atoms with Gasteiger partial charge in [-0.05, 0) is 57.1 Å². The predicted molar refractivity (Wildman–Crippen MR) is 115 cm³/mol. The van der Waals surface area contributed by atoms with Crippen LogP contribution in [0.1, 0.15) is 45.2 Å². The molecule has 8 heteroatoms. The molecule has 0 aliphatic carbocycles. The normalized spacial score (nSPS) is 16.9. The summed E-state index contributed by atoms with van der Waals surface area (Å²) in [5.41, 5.74) is 2.80. The van der Waals surface area contributed by atoms with Gasteiger partial charge in [0.2, 0.25) is 5.91 Å². The molecule has 6 nitrogen and oxygen atoms in total. The Bertz CT molecular complexity index is 777. The van der Waals surface area contributed by atoms with Crippen LogP contribution in [0.15, 0.2) is 35.5 Å². The zero-order chi connectivity index (χ0) is 20.8. The molecule has 28 heavy (non-hydrogen) atoms. The summed E-state index contributed by atoms with van der Waals surface area (Å²) in [5.74, 6) is -0.00335. The fraction of sp³-hybridized carbons (Fsp3) is 0.450. The predicted octanol–water partition coefficient (Wildman–Crippen LogP) is 3.73. The first-order valence-corrected chi connectivity index (χ1v) is 10.1. The lowest BCUT2D eigenvalue weighted by Crippen LogP contribution is -2.46. The molecule has 1 aromatic carbocycles. The van der Waals surface area contributed by atoms with Crippen molar-refractivity contribution in [2.45, 2.75) is 45.8 Å². The Kier molecular flexibility index (Phi) is 7.83. The highest BCUT2D eigenvalue weighted by atomic mass is 35.5. The van der Waals surface area contributed by atoms with Gasteiger partial charge in [-0.3, -0.25) is 4.79 Å². The van der Waals surface area contributed by atoms with Crippen LogP contribution in [0.2, 0.25) is 0 Å². The molecule has 2 N–H and O–H groups in total. The zero-order valence-corrected chi connectivity index (χ0v) is 18.1. The second kappa shape index (κ2) is 9.89. The number of hydrogen-bond acceptors (Lipinski definition) is 4. The second-order valence-electron chi connectivity index (χ2n) is 6.86. The van der Waals surface area contributed by atoms with Crippen LogP contribution in [0.3, 0.4) is 0 Å². The quantitative estimate of drug-likeness (QED) is 0.395. The van der Waals surface area contributed by atoms with Gasteiger partial charge in [0.1, 0.15) is 0 Å². The van der Waals surface area contributed by atoms with E-state index in [9.17, 15) is 9.59 Å². The van der Waals surface area contributed by atoms with Gasteiger partial charge in [-0.2, -0.15) is 0 Å². The standard InChI is InChI=1S/C20H26ClN3O3S/c1-12(2)27-19(26)17-13(3)24(4)20(28)23-18(17)14-7-9-15(10-8-14)22-16(25)6-5-11-21/h7-10,12,18H,5-6,11H2,1-4H3,(H,22,25)(H,23,28)/t18-/m1/s1. The Labute approximate surface area is 176 Å². The van der Waals surface area contributed by atoms with Crippen molar-refractivity contribution in [3.63, 3.8) is 0 Å². The van der Waals surface area contributed by atoms with Gasteiger partial charge >= 0.3 is 5.97 Å². The van der Waals surface area contributed by atoms with E-state index in [4.69, 9.17) is 28.6 Å². The lowest BCUT2D eigenvalue weighted by atomic mass is 9.95. The van der Waals surface area contributed by atoms with Crippen molar-refractivity contribution < 1.29 is 14.3 Å². The van der Waals surface area contributed by atoms with Crippen LogP contribution < -0.4 is 10.6 Å². The number of ether oxygens (including phenoxy) is 1. The molecular formula is C20H26ClN3O3S. The van der Waals surface area contributed by atoms with Crippen molar-refractivity contribution in [1.82, 2.24) is 10.2 Å². The number of nitrogens with zero attached hydrogens (tertiary/aromatic N) is 1. The first kappa shape index (κ1) is 22.2. The zero-order valence-electron chi connectivity index (χ0n) is 16.5. The maximum atomic E-state index is 12.7. The lowest BCUT2D eigenvalue weighted by molar-refractivity contribution is -0.143. The molecule has 0 fully saturated rings. The van der Waals surface area contributed by atoms with Gasteiger partial charge in [0.15, 0.2) is 5.11 Å². The Hall–Kier alpha value is -2.12. The number of benzene rings is 1. The molecule has 152 valence electrons. The van der Waals surface area contributed by atoms with Crippen LogP contribution in [-0.2, 0) is 14.3 Å². The second-order valence-corrected chi connectivity index (χ2v) is 7.62. The van der Waals surface area contributed by atoms with E-state index < -0.39 is 6.04 Å². The van der Waals surface area contributed by atoms with Crippen molar-refractivity contribution in [3.8, 4) is 0 Å². The largest absolute Gasteiger partial charge is 0.459 e. The maximum Gasteiger partial charge on any atom is 0.338 e. The first-order valence-electron chi connectivity index (χ1n) is 9.16. The number of halogens is 1. The maximum absolute atomic E-state index is 12.7. The van der Waals surface area contributed by atoms with E-state index in [1.807, 2.05) is 40.0 Å². The van der Waals surface area contributed by atoms with E-state index in [0.717, 1.165) is 11.3 Å². The van der Waals surface area contributed by atoms with Crippen molar-refractivity contribution in [2.75, 3.05) is 18.2 Å². The van der Waals surface area contributed by atoms with Gasteiger partial charge in [0.05, 0.1) is 17.7 Å². The topological polar surface area (TPSA) is 70.7 Å². The fourth-order valence-corrected chi connectivity index (χ4v) is 3.23. The van der Waals surface area contributed by atoms with E-state index in [-0.39, 0.29) is 18.0 Å². The molecule has 1 amide bonds. The van der Waals surface area contributed by atoms with E-state index in [1.54, 1.807) is 17.0 Å². The molecule has 0 spiro atoms. The number of alkyl halides is 1. The third kappa shape index (κ3) is 5.45. The molecular weight excluding hydrogens is 398 g/mol. The fourth-order valence-electron chi connectivity index (χ4n) is 2.84. The SMILES string of the molecule is CC1=C(C(=O)OC(C)C)[C@@H](c2ccc(NC(=O)CCCCl)cc2)NC(=S)N1C. The van der Waals surface area contributed by atoms with Crippen LogP contribution in [0.4, 0.5) is 5.69 Å². The number of esters is 1. The summed E-state index contributed by atoms with van der Waals surface area (Å²) in [4.78, 5) is 26.3. The Morgan fingerprint density at radius 1 is 1.32 bits per heavy atom. The Morgan fingerprint density at radius 3 is 2.54 bits per heavy atom. The van der Waals surface area contributed by atoms with Crippen LogP contribution >= 0.6 is 23.8 Å². The van der Waals surface area contributed by atoms with Gasteiger partial charge in [-0.15, -0.1) is 11.6 Å². The minimum atomic E-state index is -0.420. The summed E-state index contributed by atoms with van der Waals surface area (Å²) in [6.45, 7) is 5.48. The first-order chi connectivity index (χ1) is 13.2. The smallest absolute Gasteiger partial charge is 0.338 e.